The summed E-state index contributed by atoms with van der Waals surface area (Å²) in [4.78, 5) is 25.8. The van der Waals surface area contributed by atoms with E-state index in [2.05, 4.69) is 5.32 Å². The lowest BCUT2D eigenvalue weighted by Crippen LogP contribution is -2.39. The predicted octanol–water partition coefficient (Wildman–Crippen LogP) is 3.28. The number of halogens is 2. The van der Waals surface area contributed by atoms with Gasteiger partial charge in [0.15, 0.2) is 0 Å². The molecule has 7 heteroatoms. The van der Waals surface area contributed by atoms with Crippen LogP contribution in [0.25, 0.3) is 0 Å². The molecule has 1 aliphatic heterocycles. The molecule has 2 heterocycles. The van der Waals surface area contributed by atoms with Crippen LogP contribution in [0.5, 0.6) is 0 Å². The monoisotopic (exact) mass is 351 g/mol. The average molecular weight is 352 g/mol. The zero-order valence-electron chi connectivity index (χ0n) is 12.5. The molecule has 1 aromatic heterocycles. The molecule has 1 N–H and O–H groups in total. The van der Waals surface area contributed by atoms with Gasteiger partial charge in [-0.1, -0.05) is 23.2 Å². The number of rotatable bonds is 1. The van der Waals surface area contributed by atoms with Crippen LogP contribution in [0, 0.1) is 0 Å². The quantitative estimate of drug-likeness (QED) is 0.856. The molecule has 23 heavy (non-hydrogen) atoms. The number of nitrogens with one attached hydrogen (secondary N) is 1. The Bertz CT molecular complexity index is 833. The summed E-state index contributed by atoms with van der Waals surface area (Å²) in [5.74, 6) is 0. The lowest BCUT2D eigenvalue weighted by atomic mass is 10.0. The Kier molecular flexibility index (Phi) is 4.33. The Morgan fingerprint density at radius 3 is 2.70 bits per heavy atom. The summed E-state index contributed by atoms with van der Waals surface area (Å²) in [5.41, 5.74) is 2.56. The smallest absolute Gasteiger partial charge is 0.320 e. The van der Waals surface area contributed by atoms with Gasteiger partial charge in [-0.3, -0.25) is 4.79 Å². The Morgan fingerprint density at radius 1 is 1.17 bits per heavy atom. The van der Waals surface area contributed by atoms with Crippen molar-refractivity contribution in [2.45, 2.75) is 13.0 Å². The van der Waals surface area contributed by atoms with E-state index >= 15 is 0 Å². The van der Waals surface area contributed by atoms with E-state index in [-0.39, 0.29) is 11.6 Å². The highest BCUT2D eigenvalue weighted by molar-refractivity contribution is 6.42. The number of aromatic nitrogens is 1. The van der Waals surface area contributed by atoms with Crippen LogP contribution in [0.15, 0.2) is 35.3 Å². The van der Waals surface area contributed by atoms with E-state index < -0.39 is 0 Å². The van der Waals surface area contributed by atoms with Crippen LogP contribution in [-0.2, 0) is 20.0 Å². The van der Waals surface area contributed by atoms with Crippen LogP contribution in [0.4, 0.5) is 10.5 Å². The van der Waals surface area contributed by atoms with E-state index in [1.54, 1.807) is 42.4 Å². The highest BCUT2D eigenvalue weighted by Gasteiger charge is 2.21. The molecule has 0 atom stereocenters. The molecular formula is C16H15Cl2N3O2. The summed E-state index contributed by atoms with van der Waals surface area (Å²) < 4.78 is 1.53. The average Bonchev–Trinajstić information content (AvgIpc) is 2.51. The van der Waals surface area contributed by atoms with Gasteiger partial charge >= 0.3 is 6.03 Å². The SMILES string of the molecule is Cn1cc2c(cc1=O)CCN(C(=O)Nc1ccc(Cl)c(Cl)c1)C2. The first-order valence-electron chi connectivity index (χ1n) is 7.13. The largest absolute Gasteiger partial charge is 0.322 e. The molecule has 5 nitrogen and oxygen atoms in total. The van der Waals surface area contributed by atoms with E-state index in [1.165, 1.54) is 4.57 Å². The number of carbonyl (C=O) groups excluding carboxylic acids is 1. The third kappa shape index (κ3) is 3.35. The number of benzene rings is 1. The van der Waals surface area contributed by atoms with Crippen molar-refractivity contribution in [1.29, 1.82) is 0 Å². The van der Waals surface area contributed by atoms with Crippen molar-refractivity contribution in [3.63, 3.8) is 0 Å². The fraction of sp³-hybridized carbons (Fsp3) is 0.250. The summed E-state index contributed by atoms with van der Waals surface area (Å²) in [6, 6.07) is 6.39. The van der Waals surface area contributed by atoms with Gasteiger partial charge in [0, 0.05) is 38.1 Å². The molecule has 120 valence electrons. The van der Waals surface area contributed by atoms with Gasteiger partial charge in [-0.25, -0.2) is 4.79 Å². The Morgan fingerprint density at radius 2 is 1.96 bits per heavy atom. The highest BCUT2D eigenvalue weighted by Crippen LogP contribution is 2.25. The van der Waals surface area contributed by atoms with E-state index in [1.807, 2.05) is 0 Å². The van der Waals surface area contributed by atoms with Crippen LogP contribution in [0.3, 0.4) is 0 Å². The van der Waals surface area contributed by atoms with Crippen molar-refractivity contribution >= 4 is 34.9 Å². The molecule has 3 rings (SSSR count). The molecule has 0 spiro atoms. The molecule has 1 aliphatic rings. The molecular weight excluding hydrogens is 337 g/mol. The number of urea groups is 1. The van der Waals surface area contributed by atoms with Crippen LogP contribution in [-0.4, -0.2) is 22.0 Å². The molecule has 2 amide bonds. The van der Waals surface area contributed by atoms with Crippen molar-refractivity contribution in [3.05, 3.63) is 62.0 Å². The summed E-state index contributed by atoms with van der Waals surface area (Å²) >= 11 is 11.8. The molecule has 0 fully saturated rings. The van der Waals surface area contributed by atoms with Gasteiger partial charge in [0.2, 0.25) is 0 Å². The number of amides is 2. The Labute approximate surface area is 143 Å². The number of nitrogens with zero attached hydrogens (tertiary/aromatic N) is 2. The summed E-state index contributed by atoms with van der Waals surface area (Å²) in [6.07, 6.45) is 2.45. The summed E-state index contributed by atoms with van der Waals surface area (Å²) in [7, 11) is 1.71. The van der Waals surface area contributed by atoms with Gasteiger partial charge in [-0.15, -0.1) is 0 Å². The first-order valence-corrected chi connectivity index (χ1v) is 7.89. The van der Waals surface area contributed by atoms with Crippen LogP contribution < -0.4 is 10.9 Å². The molecule has 0 unspecified atom stereocenters. The molecule has 1 aromatic carbocycles. The Hall–Kier alpha value is -1.98. The predicted molar refractivity (Wildman–Crippen MR) is 91.3 cm³/mol. The van der Waals surface area contributed by atoms with E-state index in [9.17, 15) is 9.59 Å². The van der Waals surface area contributed by atoms with Crippen molar-refractivity contribution in [2.24, 2.45) is 7.05 Å². The number of hydrogen-bond acceptors (Lipinski definition) is 2. The van der Waals surface area contributed by atoms with Crippen molar-refractivity contribution in [3.8, 4) is 0 Å². The fourth-order valence-corrected chi connectivity index (χ4v) is 2.89. The first-order chi connectivity index (χ1) is 10.9. The van der Waals surface area contributed by atoms with E-state index in [4.69, 9.17) is 23.2 Å². The minimum atomic E-state index is -0.206. The standard InChI is InChI=1S/C16H15Cl2N3O2/c1-20-8-11-9-21(5-4-10(11)6-15(20)22)16(23)19-12-2-3-13(17)14(18)7-12/h2-3,6-8H,4-5,9H2,1H3,(H,19,23). The van der Waals surface area contributed by atoms with Gasteiger partial charge in [0.05, 0.1) is 10.0 Å². The maximum atomic E-state index is 12.4. The molecule has 0 bridgehead atoms. The number of pyridine rings is 1. The van der Waals surface area contributed by atoms with Crippen LogP contribution in [0.1, 0.15) is 11.1 Å². The number of fused-ring (bicyclic) bond motifs is 1. The third-order valence-electron chi connectivity index (χ3n) is 3.88. The maximum absolute atomic E-state index is 12.4. The van der Waals surface area contributed by atoms with E-state index in [0.717, 1.165) is 11.1 Å². The lowest BCUT2D eigenvalue weighted by Gasteiger charge is -2.29. The molecule has 0 aliphatic carbocycles. The first kappa shape index (κ1) is 15.9. The normalized spacial score (nSPS) is 13.6. The minimum Gasteiger partial charge on any atom is -0.320 e. The van der Waals surface area contributed by atoms with Crippen molar-refractivity contribution < 1.29 is 4.79 Å². The second-order valence-electron chi connectivity index (χ2n) is 5.50. The van der Waals surface area contributed by atoms with Crippen LogP contribution >= 0.6 is 23.2 Å². The topological polar surface area (TPSA) is 54.3 Å². The summed E-state index contributed by atoms with van der Waals surface area (Å²) in [5, 5.41) is 3.65. The number of aryl methyl sites for hydroxylation is 1. The molecule has 0 radical (unpaired) electrons. The van der Waals surface area contributed by atoms with Gasteiger partial charge in [0.1, 0.15) is 0 Å². The number of anilines is 1. The maximum Gasteiger partial charge on any atom is 0.322 e. The molecule has 0 saturated heterocycles. The zero-order chi connectivity index (χ0) is 16.6. The van der Waals surface area contributed by atoms with Crippen LogP contribution in [0.2, 0.25) is 10.0 Å². The Balaban J connectivity index is 1.75. The second kappa shape index (κ2) is 6.26. The van der Waals surface area contributed by atoms with Crippen molar-refractivity contribution in [2.75, 3.05) is 11.9 Å². The highest BCUT2D eigenvalue weighted by atomic mass is 35.5. The molecule has 0 saturated carbocycles. The zero-order valence-corrected chi connectivity index (χ0v) is 14.0. The van der Waals surface area contributed by atoms with Gasteiger partial charge in [-0.05, 0) is 35.7 Å². The second-order valence-corrected chi connectivity index (χ2v) is 6.32. The summed E-state index contributed by atoms with van der Waals surface area (Å²) in [6.45, 7) is 1.03. The van der Waals surface area contributed by atoms with Gasteiger partial charge in [0.25, 0.3) is 5.56 Å². The van der Waals surface area contributed by atoms with Crippen molar-refractivity contribution in [1.82, 2.24) is 9.47 Å². The third-order valence-corrected chi connectivity index (χ3v) is 4.62. The van der Waals surface area contributed by atoms with Gasteiger partial charge < -0.3 is 14.8 Å². The van der Waals surface area contributed by atoms with E-state index in [0.29, 0.717) is 35.2 Å². The lowest BCUT2D eigenvalue weighted by molar-refractivity contribution is 0.206. The minimum absolute atomic E-state index is 0.0301. The number of carbonyl (C=O) groups is 1. The van der Waals surface area contributed by atoms with Gasteiger partial charge in [-0.2, -0.15) is 0 Å². The fourth-order valence-electron chi connectivity index (χ4n) is 2.59. The number of hydrogen-bond donors (Lipinski definition) is 1. The molecule has 2 aromatic rings.